The minimum absolute atomic E-state index is 0.418. The summed E-state index contributed by atoms with van der Waals surface area (Å²) in [6.07, 6.45) is 0. The number of nitrogens with one attached hydrogen (secondary N) is 1. The summed E-state index contributed by atoms with van der Waals surface area (Å²) in [5, 5.41) is 13.8. The number of methoxy groups -OCH3 is 1. The summed E-state index contributed by atoms with van der Waals surface area (Å²) in [5.74, 6) is 1.62. The van der Waals surface area contributed by atoms with Crippen LogP contribution in [0.25, 0.3) is 10.8 Å². The van der Waals surface area contributed by atoms with Gasteiger partial charge in [0.1, 0.15) is 5.75 Å². The van der Waals surface area contributed by atoms with Crippen LogP contribution < -0.4 is 10.1 Å². The van der Waals surface area contributed by atoms with Gasteiger partial charge in [-0.05, 0) is 24.1 Å². The first-order valence-corrected chi connectivity index (χ1v) is 7.35. The van der Waals surface area contributed by atoms with E-state index in [0.717, 1.165) is 33.5 Å². The Hall–Kier alpha value is -2.33. The van der Waals surface area contributed by atoms with Gasteiger partial charge in [0, 0.05) is 17.3 Å². The van der Waals surface area contributed by atoms with Crippen molar-refractivity contribution < 1.29 is 4.74 Å². The normalized spacial score (nSPS) is 10.7. The lowest BCUT2D eigenvalue weighted by Crippen LogP contribution is -2.04. The molecule has 1 heterocycles. The second-order valence-corrected chi connectivity index (χ2v) is 5.40. The molecule has 3 aromatic rings. The van der Waals surface area contributed by atoms with Crippen LogP contribution in [0.15, 0.2) is 42.5 Å². The Labute approximate surface area is 134 Å². The van der Waals surface area contributed by atoms with Gasteiger partial charge in [-0.3, -0.25) is 0 Å². The first kappa shape index (κ1) is 14.6. The van der Waals surface area contributed by atoms with Crippen LogP contribution in [-0.4, -0.2) is 17.3 Å². The summed E-state index contributed by atoms with van der Waals surface area (Å²) in [7, 11) is 1.68. The second-order valence-electron chi connectivity index (χ2n) is 5.04. The monoisotopic (exact) mass is 313 g/mol. The molecule has 0 aliphatic heterocycles. The Balaban J connectivity index is 1.85. The predicted molar refractivity (Wildman–Crippen MR) is 89.6 cm³/mol. The smallest absolute Gasteiger partial charge is 0.159 e. The summed E-state index contributed by atoms with van der Waals surface area (Å²) in [6.45, 7) is 2.69. The average Bonchev–Trinajstić information content (AvgIpc) is 2.55. The van der Waals surface area contributed by atoms with E-state index >= 15 is 0 Å². The van der Waals surface area contributed by atoms with E-state index in [1.807, 2.05) is 43.3 Å². The largest absolute Gasteiger partial charge is 0.496 e. The van der Waals surface area contributed by atoms with Crippen molar-refractivity contribution in [3.63, 3.8) is 0 Å². The van der Waals surface area contributed by atoms with E-state index < -0.39 is 0 Å². The fourth-order valence-electron chi connectivity index (χ4n) is 2.44. The number of hydrogen-bond donors (Lipinski definition) is 1. The van der Waals surface area contributed by atoms with Gasteiger partial charge >= 0.3 is 0 Å². The highest BCUT2D eigenvalue weighted by Gasteiger charge is 2.07. The summed E-state index contributed by atoms with van der Waals surface area (Å²) >= 11 is 6.09. The molecule has 0 radical (unpaired) electrons. The number of halogens is 1. The topological polar surface area (TPSA) is 47.0 Å². The number of rotatable bonds is 4. The molecule has 0 atom stereocenters. The zero-order valence-electron chi connectivity index (χ0n) is 12.4. The SMILES string of the molecule is COc1ccc(CNc2nnc(Cl)c3ccccc23)cc1C. The van der Waals surface area contributed by atoms with Gasteiger partial charge < -0.3 is 10.1 Å². The van der Waals surface area contributed by atoms with Crippen LogP contribution in [-0.2, 0) is 6.54 Å². The molecule has 0 bridgehead atoms. The highest BCUT2D eigenvalue weighted by molar-refractivity contribution is 6.34. The maximum Gasteiger partial charge on any atom is 0.159 e. The molecule has 0 aliphatic rings. The molecular formula is C17H16ClN3O. The zero-order valence-corrected chi connectivity index (χ0v) is 13.2. The van der Waals surface area contributed by atoms with Crippen LogP contribution in [0, 0.1) is 6.92 Å². The second kappa shape index (κ2) is 6.20. The first-order chi connectivity index (χ1) is 10.7. The molecule has 1 N–H and O–H groups in total. The highest BCUT2D eigenvalue weighted by atomic mass is 35.5. The van der Waals surface area contributed by atoms with Gasteiger partial charge in [0.2, 0.25) is 0 Å². The van der Waals surface area contributed by atoms with E-state index in [2.05, 4.69) is 21.6 Å². The Bertz CT molecular complexity index is 820. The summed E-state index contributed by atoms with van der Waals surface area (Å²) in [4.78, 5) is 0. The maximum absolute atomic E-state index is 6.09. The molecule has 0 unspecified atom stereocenters. The van der Waals surface area contributed by atoms with Crippen molar-refractivity contribution in [2.45, 2.75) is 13.5 Å². The minimum Gasteiger partial charge on any atom is -0.496 e. The number of aryl methyl sites for hydroxylation is 1. The molecule has 22 heavy (non-hydrogen) atoms. The molecule has 5 heteroatoms. The van der Waals surface area contributed by atoms with Gasteiger partial charge in [0.25, 0.3) is 0 Å². The fraction of sp³-hybridized carbons (Fsp3) is 0.176. The van der Waals surface area contributed by atoms with E-state index in [1.165, 1.54) is 0 Å². The molecule has 1 aromatic heterocycles. The number of hydrogen-bond acceptors (Lipinski definition) is 4. The van der Waals surface area contributed by atoms with Crippen molar-refractivity contribution in [1.29, 1.82) is 0 Å². The quantitative estimate of drug-likeness (QED) is 0.783. The van der Waals surface area contributed by atoms with Gasteiger partial charge in [-0.25, -0.2) is 0 Å². The molecule has 3 rings (SSSR count). The predicted octanol–water partition coefficient (Wildman–Crippen LogP) is 4.21. The molecule has 0 saturated heterocycles. The minimum atomic E-state index is 0.418. The zero-order chi connectivity index (χ0) is 15.5. The number of nitrogens with zero attached hydrogens (tertiary/aromatic N) is 2. The van der Waals surface area contributed by atoms with Crippen molar-refractivity contribution in [1.82, 2.24) is 10.2 Å². The van der Waals surface area contributed by atoms with E-state index in [-0.39, 0.29) is 0 Å². The van der Waals surface area contributed by atoms with E-state index in [0.29, 0.717) is 11.7 Å². The number of ether oxygens (including phenoxy) is 1. The van der Waals surface area contributed by atoms with E-state index in [4.69, 9.17) is 16.3 Å². The van der Waals surface area contributed by atoms with E-state index in [9.17, 15) is 0 Å². The standard InChI is InChI=1S/C17H16ClN3O/c1-11-9-12(7-8-15(11)22-2)10-19-17-14-6-4-3-5-13(14)16(18)20-21-17/h3-9H,10H2,1-2H3,(H,19,21). The average molecular weight is 314 g/mol. The molecule has 4 nitrogen and oxygen atoms in total. The maximum atomic E-state index is 6.09. The van der Waals surface area contributed by atoms with Crippen LogP contribution in [0.3, 0.4) is 0 Å². The van der Waals surface area contributed by atoms with Crippen molar-refractivity contribution in [3.05, 3.63) is 58.7 Å². The molecule has 0 aliphatic carbocycles. The van der Waals surface area contributed by atoms with Crippen LogP contribution >= 0.6 is 11.6 Å². The lowest BCUT2D eigenvalue weighted by Gasteiger charge is -2.10. The molecular weight excluding hydrogens is 298 g/mol. The van der Waals surface area contributed by atoms with Gasteiger partial charge in [0.05, 0.1) is 7.11 Å². The third kappa shape index (κ3) is 2.83. The lowest BCUT2D eigenvalue weighted by molar-refractivity contribution is 0.411. The Morgan fingerprint density at radius 1 is 1.09 bits per heavy atom. The van der Waals surface area contributed by atoms with Crippen LogP contribution in [0.1, 0.15) is 11.1 Å². The number of fused-ring (bicyclic) bond motifs is 1. The fourth-order valence-corrected chi connectivity index (χ4v) is 2.64. The molecule has 0 fully saturated rings. The first-order valence-electron chi connectivity index (χ1n) is 6.97. The molecule has 0 spiro atoms. The third-order valence-corrected chi connectivity index (χ3v) is 3.84. The van der Waals surface area contributed by atoms with Crippen molar-refractivity contribution in [2.75, 3.05) is 12.4 Å². The number of anilines is 1. The van der Waals surface area contributed by atoms with Crippen LogP contribution in [0.2, 0.25) is 5.15 Å². The highest BCUT2D eigenvalue weighted by Crippen LogP contribution is 2.26. The van der Waals surface area contributed by atoms with Gasteiger partial charge in [0.15, 0.2) is 11.0 Å². The Kier molecular flexibility index (Phi) is 4.11. The molecule has 0 saturated carbocycles. The summed E-state index contributed by atoms with van der Waals surface area (Å²) < 4.78 is 5.28. The van der Waals surface area contributed by atoms with E-state index in [1.54, 1.807) is 7.11 Å². The van der Waals surface area contributed by atoms with Crippen molar-refractivity contribution in [2.24, 2.45) is 0 Å². The summed E-state index contributed by atoms with van der Waals surface area (Å²) in [6, 6.07) is 13.9. The van der Waals surface area contributed by atoms with Crippen LogP contribution in [0.4, 0.5) is 5.82 Å². The number of aromatic nitrogens is 2. The van der Waals surface area contributed by atoms with Gasteiger partial charge in [-0.2, -0.15) is 0 Å². The van der Waals surface area contributed by atoms with Crippen LogP contribution in [0.5, 0.6) is 5.75 Å². The number of benzene rings is 2. The van der Waals surface area contributed by atoms with Gasteiger partial charge in [-0.1, -0.05) is 48.0 Å². The summed E-state index contributed by atoms with van der Waals surface area (Å²) in [5.41, 5.74) is 2.26. The molecule has 0 amide bonds. The van der Waals surface area contributed by atoms with Crippen molar-refractivity contribution in [3.8, 4) is 5.75 Å². The lowest BCUT2D eigenvalue weighted by atomic mass is 10.1. The van der Waals surface area contributed by atoms with Crippen molar-refractivity contribution >= 4 is 28.2 Å². The van der Waals surface area contributed by atoms with Gasteiger partial charge in [-0.15, -0.1) is 10.2 Å². The molecule has 2 aromatic carbocycles. The third-order valence-electron chi connectivity index (χ3n) is 3.56. The Morgan fingerprint density at radius 3 is 2.59 bits per heavy atom. The molecule has 112 valence electrons. The Morgan fingerprint density at radius 2 is 1.86 bits per heavy atom.